The summed E-state index contributed by atoms with van der Waals surface area (Å²) >= 11 is 1.45. The molecule has 0 saturated carbocycles. The number of hydrogen-bond donors (Lipinski definition) is 1. The third-order valence-electron chi connectivity index (χ3n) is 4.35. The monoisotopic (exact) mass is 465 g/mol. The molecule has 0 saturated heterocycles. The summed E-state index contributed by atoms with van der Waals surface area (Å²) in [6, 6.07) is 19.0. The average Bonchev–Trinajstić information content (AvgIpc) is 3.22. The van der Waals surface area contributed by atoms with Gasteiger partial charge in [-0.15, -0.1) is 11.3 Å². The van der Waals surface area contributed by atoms with Crippen molar-refractivity contribution in [3.63, 3.8) is 0 Å². The maximum atomic E-state index is 12.5. The van der Waals surface area contributed by atoms with Crippen molar-refractivity contribution in [2.24, 2.45) is 0 Å². The summed E-state index contributed by atoms with van der Waals surface area (Å²) in [7, 11) is -3.13. The van der Waals surface area contributed by atoms with Crippen LogP contribution in [0, 0.1) is 0 Å². The van der Waals surface area contributed by atoms with Crippen molar-refractivity contribution < 1.29 is 17.9 Å². The first kappa shape index (κ1) is 21.7. The van der Waals surface area contributed by atoms with Gasteiger partial charge in [0.25, 0.3) is 0 Å². The lowest BCUT2D eigenvalue weighted by atomic mass is 10.1. The molecule has 0 fully saturated rings. The van der Waals surface area contributed by atoms with Crippen LogP contribution >= 0.6 is 11.3 Å². The second kappa shape index (κ2) is 9.29. The molecule has 0 aliphatic carbocycles. The first-order valence-electron chi connectivity index (χ1n) is 9.59. The lowest BCUT2D eigenvalue weighted by Gasteiger charge is -2.08. The number of aromatic nitrogens is 2. The van der Waals surface area contributed by atoms with Crippen molar-refractivity contribution in [3.05, 3.63) is 89.4 Å². The number of nitrogens with one attached hydrogen (secondary N) is 1. The number of esters is 1. The van der Waals surface area contributed by atoms with Gasteiger partial charge in [-0.3, -0.25) is 4.98 Å². The lowest BCUT2D eigenvalue weighted by molar-refractivity contribution is 0.0735. The van der Waals surface area contributed by atoms with Crippen LogP contribution in [0.1, 0.15) is 15.9 Å². The SMILES string of the molecule is CS(=O)(=O)Cc1ccc(C(=O)Oc2cccc(Nc3nc(-c4ccccn4)cs3)c2)cc1. The Morgan fingerprint density at radius 3 is 2.56 bits per heavy atom. The highest BCUT2D eigenvalue weighted by Crippen LogP contribution is 2.27. The van der Waals surface area contributed by atoms with Gasteiger partial charge in [-0.2, -0.15) is 0 Å². The van der Waals surface area contributed by atoms with Gasteiger partial charge < -0.3 is 10.1 Å². The Hall–Kier alpha value is -3.56. The Morgan fingerprint density at radius 1 is 1.03 bits per heavy atom. The topological polar surface area (TPSA) is 98.2 Å². The van der Waals surface area contributed by atoms with Crippen molar-refractivity contribution in [2.75, 3.05) is 11.6 Å². The van der Waals surface area contributed by atoms with E-state index < -0.39 is 15.8 Å². The number of anilines is 2. The van der Waals surface area contributed by atoms with Crippen LogP contribution in [0.4, 0.5) is 10.8 Å². The molecule has 9 heteroatoms. The van der Waals surface area contributed by atoms with E-state index in [0.29, 0.717) is 22.0 Å². The van der Waals surface area contributed by atoms with Gasteiger partial charge in [-0.1, -0.05) is 24.3 Å². The van der Waals surface area contributed by atoms with E-state index in [-0.39, 0.29) is 5.75 Å². The largest absolute Gasteiger partial charge is 0.423 e. The van der Waals surface area contributed by atoms with E-state index in [1.165, 1.54) is 17.6 Å². The van der Waals surface area contributed by atoms with Gasteiger partial charge in [0.2, 0.25) is 0 Å². The van der Waals surface area contributed by atoms with Crippen molar-refractivity contribution in [3.8, 4) is 17.1 Å². The number of carbonyl (C=O) groups excluding carboxylic acids is 1. The number of nitrogens with zero attached hydrogens (tertiary/aromatic N) is 2. The van der Waals surface area contributed by atoms with Gasteiger partial charge in [0.05, 0.1) is 17.0 Å². The molecule has 4 rings (SSSR count). The van der Waals surface area contributed by atoms with Crippen molar-refractivity contribution in [1.29, 1.82) is 0 Å². The number of carbonyl (C=O) groups is 1. The fourth-order valence-electron chi connectivity index (χ4n) is 2.93. The van der Waals surface area contributed by atoms with E-state index in [1.807, 2.05) is 29.6 Å². The van der Waals surface area contributed by atoms with E-state index in [9.17, 15) is 13.2 Å². The zero-order valence-electron chi connectivity index (χ0n) is 17.1. The Kier molecular flexibility index (Phi) is 6.29. The quantitative estimate of drug-likeness (QED) is 0.312. The molecule has 2 heterocycles. The number of benzene rings is 2. The first-order chi connectivity index (χ1) is 15.4. The average molecular weight is 466 g/mol. The van der Waals surface area contributed by atoms with E-state index in [4.69, 9.17) is 4.74 Å². The van der Waals surface area contributed by atoms with Crippen LogP contribution < -0.4 is 10.1 Å². The molecule has 32 heavy (non-hydrogen) atoms. The summed E-state index contributed by atoms with van der Waals surface area (Å²) in [6.45, 7) is 0. The van der Waals surface area contributed by atoms with Gasteiger partial charge >= 0.3 is 5.97 Å². The Bertz CT molecular complexity index is 1340. The van der Waals surface area contributed by atoms with Crippen molar-refractivity contribution >= 4 is 38.0 Å². The minimum absolute atomic E-state index is 0.0746. The second-order valence-electron chi connectivity index (χ2n) is 7.06. The van der Waals surface area contributed by atoms with Gasteiger partial charge in [0.1, 0.15) is 11.4 Å². The number of thiazole rings is 1. The number of sulfone groups is 1. The summed E-state index contributed by atoms with van der Waals surface area (Å²) < 4.78 is 28.3. The van der Waals surface area contributed by atoms with Gasteiger partial charge in [0.15, 0.2) is 15.0 Å². The van der Waals surface area contributed by atoms with E-state index >= 15 is 0 Å². The molecule has 0 radical (unpaired) electrons. The third-order valence-corrected chi connectivity index (χ3v) is 5.96. The molecule has 0 spiro atoms. The molecular weight excluding hydrogens is 446 g/mol. The fourth-order valence-corrected chi connectivity index (χ4v) is 4.45. The maximum Gasteiger partial charge on any atom is 0.343 e. The van der Waals surface area contributed by atoms with Crippen molar-refractivity contribution in [2.45, 2.75) is 5.75 Å². The molecule has 2 aromatic carbocycles. The fraction of sp³-hybridized carbons (Fsp3) is 0.0870. The number of hydrogen-bond acceptors (Lipinski definition) is 8. The highest BCUT2D eigenvalue weighted by atomic mass is 32.2. The summed E-state index contributed by atoms with van der Waals surface area (Å²) in [5.41, 5.74) is 3.24. The van der Waals surface area contributed by atoms with Crippen LogP contribution in [0.15, 0.2) is 78.3 Å². The predicted molar refractivity (Wildman–Crippen MR) is 125 cm³/mol. The number of pyridine rings is 1. The van der Waals surface area contributed by atoms with Crippen LogP contribution in [0.3, 0.4) is 0 Å². The highest BCUT2D eigenvalue weighted by molar-refractivity contribution is 7.89. The highest BCUT2D eigenvalue weighted by Gasteiger charge is 2.11. The molecule has 4 aromatic rings. The van der Waals surface area contributed by atoms with Crippen molar-refractivity contribution in [1.82, 2.24) is 9.97 Å². The van der Waals surface area contributed by atoms with Gasteiger partial charge in [0, 0.05) is 29.6 Å². The predicted octanol–water partition coefficient (Wildman–Crippen LogP) is 4.71. The maximum absolute atomic E-state index is 12.5. The summed E-state index contributed by atoms with van der Waals surface area (Å²) in [5.74, 6) is -0.226. The Balaban J connectivity index is 1.42. The summed E-state index contributed by atoms with van der Waals surface area (Å²) in [5, 5.41) is 5.82. The molecule has 0 aliphatic rings. The van der Waals surface area contributed by atoms with Crippen LogP contribution in [-0.4, -0.2) is 30.6 Å². The minimum atomic E-state index is -3.13. The van der Waals surface area contributed by atoms with Crippen LogP contribution in [0.25, 0.3) is 11.4 Å². The molecule has 0 bridgehead atoms. The summed E-state index contributed by atoms with van der Waals surface area (Å²) in [4.78, 5) is 21.3. The third kappa shape index (κ3) is 5.77. The molecule has 0 amide bonds. The first-order valence-corrected chi connectivity index (χ1v) is 12.5. The van der Waals surface area contributed by atoms with Crippen LogP contribution in [0.5, 0.6) is 5.75 Å². The van der Waals surface area contributed by atoms with Crippen LogP contribution in [0.2, 0.25) is 0 Å². The van der Waals surface area contributed by atoms with Gasteiger partial charge in [-0.25, -0.2) is 18.2 Å². The zero-order valence-corrected chi connectivity index (χ0v) is 18.7. The minimum Gasteiger partial charge on any atom is -0.423 e. The zero-order chi connectivity index (χ0) is 22.6. The molecule has 0 aliphatic heterocycles. The molecule has 7 nitrogen and oxygen atoms in total. The molecule has 2 aromatic heterocycles. The van der Waals surface area contributed by atoms with E-state index in [0.717, 1.165) is 17.1 Å². The standard InChI is InChI=1S/C23H19N3O4S2/c1-32(28,29)15-16-8-10-17(11-9-16)22(27)30-19-6-4-5-18(13-19)25-23-26-21(14-31-23)20-7-2-3-12-24-20/h2-14H,15H2,1H3,(H,25,26). The molecule has 0 unspecified atom stereocenters. The summed E-state index contributed by atoms with van der Waals surface area (Å²) in [6.07, 6.45) is 2.89. The smallest absolute Gasteiger partial charge is 0.343 e. The van der Waals surface area contributed by atoms with Crippen LogP contribution in [-0.2, 0) is 15.6 Å². The molecule has 162 valence electrons. The van der Waals surface area contributed by atoms with E-state index in [1.54, 1.807) is 48.7 Å². The lowest BCUT2D eigenvalue weighted by Crippen LogP contribution is -2.09. The Morgan fingerprint density at radius 2 is 1.84 bits per heavy atom. The Labute approximate surface area is 189 Å². The van der Waals surface area contributed by atoms with E-state index in [2.05, 4.69) is 15.3 Å². The second-order valence-corrected chi connectivity index (χ2v) is 10.1. The normalized spacial score (nSPS) is 11.2. The molecule has 1 N–H and O–H groups in total. The number of rotatable bonds is 7. The molecular formula is C23H19N3O4S2. The number of ether oxygens (including phenoxy) is 1. The molecule has 0 atom stereocenters. The van der Waals surface area contributed by atoms with Gasteiger partial charge in [-0.05, 0) is 42.0 Å².